The maximum absolute atomic E-state index is 2.50. The lowest BCUT2D eigenvalue weighted by atomic mass is 9.79. The van der Waals surface area contributed by atoms with Gasteiger partial charge in [-0.1, -0.05) is 20.8 Å². The highest BCUT2D eigenvalue weighted by Gasteiger charge is 2.73. The van der Waals surface area contributed by atoms with Crippen LogP contribution in [0.1, 0.15) is 40.0 Å². The zero-order valence-electron chi connectivity index (χ0n) is 8.51. The predicted octanol–water partition coefficient (Wildman–Crippen LogP) is 3.32. The van der Waals surface area contributed by atoms with E-state index in [0.29, 0.717) is 0 Å². The van der Waals surface area contributed by atoms with Gasteiger partial charge in [-0.2, -0.15) is 0 Å². The Balaban J connectivity index is 1.91. The third-order valence-corrected chi connectivity index (χ3v) is 5.35. The Kier molecular flexibility index (Phi) is 1.18. The lowest BCUT2D eigenvalue weighted by Gasteiger charge is -2.26. The van der Waals surface area contributed by atoms with Gasteiger partial charge in [-0.3, -0.25) is 0 Å². The highest BCUT2D eigenvalue weighted by Crippen LogP contribution is 2.79. The molecule has 2 bridgehead atoms. The van der Waals surface area contributed by atoms with Gasteiger partial charge in [0.15, 0.2) is 0 Å². The minimum atomic E-state index is 0.888. The topological polar surface area (TPSA) is 0 Å². The minimum Gasteiger partial charge on any atom is -0.0625 e. The van der Waals surface area contributed by atoms with Crippen molar-refractivity contribution < 1.29 is 0 Å². The standard InChI is InChI=1S/C12H20/c1-7(2)10-9-4-5-12(6-9)8(3)11(10)12/h7-11H,4-6H2,1-3H3. The van der Waals surface area contributed by atoms with E-state index in [1.54, 1.807) is 19.3 Å². The van der Waals surface area contributed by atoms with Gasteiger partial charge in [-0.05, 0) is 54.3 Å². The van der Waals surface area contributed by atoms with Crippen LogP contribution in [0.4, 0.5) is 0 Å². The van der Waals surface area contributed by atoms with Crippen molar-refractivity contribution in [3.63, 3.8) is 0 Å². The first-order valence-electron chi connectivity index (χ1n) is 5.67. The molecule has 0 aromatic heterocycles. The van der Waals surface area contributed by atoms with Crippen LogP contribution in [0, 0.1) is 35.0 Å². The zero-order valence-corrected chi connectivity index (χ0v) is 8.51. The van der Waals surface area contributed by atoms with Crippen molar-refractivity contribution in [3.8, 4) is 0 Å². The van der Waals surface area contributed by atoms with Crippen LogP contribution in [0.5, 0.6) is 0 Å². The third-order valence-electron chi connectivity index (χ3n) is 5.35. The fourth-order valence-electron chi connectivity index (χ4n) is 4.90. The van der Waals surface area contributed by atoms with Crippen LogP contribution < -0.4 is 0 Å². The number of rotatable bonds is 1. The SMILES string of the molecule is CC(C)C1C2CCC3(C2)C(C)C13. The van der Waals surface area contributed by atoms with Crippen LogP contribution in [-0.2, 0) is 0 Å². The highest BCUT2D eigenvalue weighted by atomic mass is 14.8. The normalized spacial score (nSPS) is 61.0. The van der Waals surface area contributed by atoms with E-state index in [9.17, 15) is 0 Å². The van der Waals surface area contributed by atoms with E-state index in [2.05, 4.69) is 20.8 Å². The number of hydrogen-bond donors (Lipinski definition) is 0. The number of fused-ring (bicyclic) bond motifs is 1. The summed E-state index contributed by atoms with van der Waals surface area (Å²) in [6.07, 6.45) is 4.73. The summed E-state index contributed by atoms with van der Waals surface area (Å²) in [5, 5.41) is 0. The lowest BCUT2D eigenvalue weighted by Crippen LogP contribution is -2.19. The molecule has 3 aliphatic carbocycles. The van der Waals surface area contributed by atoms with E-state index in [0.717, 1.165) is 35.0 Å². The molecule has 0 saturated heterocycles. The summed E-state index contributed by atoms with van der Waals surface area (Å²) in [6, 6.07) is 0. The van der Waals surface area contributed by atoms with Crippen LogP contribution in [-0.4, -0.2) is 0 Å². The molecule has 12 heavy (non-hydrogen) atoms. The monoisotopic (exact) mass is 164 g/mol. The van der Waals surface area contributed by atoms with Gasteiger partial charge >= 0.3 is 0 Å². The molecule has 0 aliphatic heterocycles. The van der Waals surface area contributed by atoms with Gasteiger partial charge in [0.1, 0.15) is 0 Å². The van der Waals surface area contributed by atoms with Gasteiger partial charge < -0.3 is 0 Å². The summed E-state index contributed by atoms with van der Waals surface area (Å²) in [7, 11) is 0. The van der Waals surface area contributed by atoms with Crippen LogP contribution in [0.15, 0.2) is 0 Å². The predicted molar refractivity (Wildman–Crippen MR) is 50.8 cm³/mol. The van der Waals surface area contributed by atoms with Crippen molar-refractivity contribution in [3.05, 3.63) is 0 Å². The van der Waals surface area contributed by atoms with E-state index in [4.69, 9.17) is 0 Å². The summed E-state index contributed by atoms with van der Waals surface area (Å²) in [6.45, 7) is 7.37. The molecule has 0 heteroatoms. The Bertz CT molecular complexity index is 218. The van der Waals surface area contributed by atoms with E-state index >= 15 is 0 Å². The fourth-order valence-corrected chi connectivity index (χ4v) is 4.90. The minimum absolute atomic E-state index is 0.888. The molecule has 3 rings (SSSR count). The second-order valence-corrected chi connectivity index (χ2v) is 5.87. The molecule has 1 spiro atoms. The third kappa shape index (κ3) is 0.592. The smallest absolute Gasteiger partial charge is 0.0232 e. The molecule has 3 fully saturated rings. The quantitative estimate of drug-likeness (QED) is 0.557. The molecule has 5 unspecified atom stereocenters. The Labute approximate surface area is 75.7 Å². The van der Waals surface area contributed by atoms with Crippen molar-refractivity contribution >= 4 is 0 Å². The van der Waals surface area contributed by atoms with Crippen molar-refractivity contribution in [1.82, 2.24) is 0 Å². The summed E-state index contributed by atoms with van der Waals surface area (Å²) < 4.78 is 0. The van der Waals surface area contributed by atoms with E-state index in [1.807, 2.05) is 0 Å². The average molecular weight is 164 g/mol. The Morgan fingerprint density at radius 3 is 2.58 bits per heavy atom. The molecule has 0 aromatic rings. The molecule has 3 aliphatic rings. The highest BCUT2D eigenvalue weighted by molar-refractivity contribution is 5.21. The molecule has 0 aromatic carbocycles. The van der Waals surface area contributed by atoms with Crippen LogP contribution in [0.2, 0.25) is 0 Å². The first-order chi connectivity index (χ1) is 5.67. The Morgan fingerprint density at radius 2 is 2.08 bits per heavy atom. The maximum Gasteiger partial charge on any atom is -0.0232 e. The molecule has 0 N–H and O–H groups in total. The Morgan fingerprint density at radius 1 is 1.33 bits per heavy atom. The van der Waals surface area contributed by atoms with Crippen LogP contribution in [0.25, 0.3) is 0 Å². The van der Waals surface area contributed by atoms with Crippen molar-refractivity contribution in [1.29, 1.82) is 0 Å². The van der Waals surface area contributed by atoms with Crippen molar-refractivity contribution in [2.45, 2.75) is 40.0 Å². The van der Waals surface area contributed by atoms with E-state index < -0.39 is 0 Å². The molecule has 0 heterocycles. The van der Waals surface area contributed by atoms with Gasteiger partial charge in [0.05, 0.1) is 0 Å². The molecule has 0 radical (unpaired) electrons. The van der Waals surface area contributed by atoms with Gasteiger partial charge in [0, 0.05) is 0 Å². The van der Waals surface area contributed by atoms with Gasteiger partial charge in [0.2, 0.25) is 0 Å². The van der Waals surface area contributed by atoms with E-state index in [-0.39, 0.29) is 0 Å². The molecular formula is C12H20. The molecule has 0 nitrogen and oxygen atoms in total. The second kappa shape index (κ2) is 1.91. The zero-order chi connectivity index (χ0) is 8.51. The van der Waals surface area contributed by atoms with Gasteiger partial charge in [-0.15, -0.1) is 0 Å². The molecular weight excluding hydrogens is 144 g/mol. The summed E-state index contributed by atoms with van der Waals surface area (Å²) in [4.78, 5) is 0. The largest absolute Gasteiger partial charge is 0.0625 e. The van der Waals surface area contributed by atoms with Crippen LogP contribution >= 0.6 is 0 Å². The lowest BCUT2D eigenvalue weighted by molar-refractivity contribution is 0.230. The first kappa shape index (κ1) is 7.41. The maximum atomic E-state index is 2.50. The van der Waals surface area contributed by atoms with Gasteiger partial charge in [-0.25, -0.2) is 0 Å². The van der Waals surface area contributed by atoms with Crippen LogP contribution in [0.3, 0.4) is 0 Å². The molecule has 0 amide bonds. The van der Waals surface area contributed by atoms with E-state index in [1.165, 1.54) is 0 Å². The van der Waals surface area contributed by atoms with Gasteiger partial charge in [0.25, 0.3) is 0 Å². The average Bonchev–Trinajstić information content (AvgIpc) is 2.50. The summed E-state index contributed by atoms with van der Waals surface area (Å²) in [5.74, 6) is 5.42. The summed E-state index contributed by atoms with van der Waals surface area (Å²) in [5.41, 5.74) is 0.888. The summed E-state index contributed by atoms with van der Waals surface area (Å²) >= 11 is 0. The molecule has 68 valence electrons. The fraction of sp³-hybridized carbons (Fsp3) is 1.00. The van der Waals surface area contributed by atoms with Crippen molar-refractivity contribution in [2.75, 3.05) is 0 Å². The molecule has 5 atom stereocenters. The first-order valence-corrected chi connectivity index (χ1v) is 5.67. The number of hydrogen-bond acceptors (Lipinski definition) is 0. The van der Waals surface area contributed by atoms with Crippen molar-refractivity contribution in [2.24, 2.45) is 35.0 Å². The molecule has 3 saturated carbocycles. The Hall–Kier alpha value is 0. The second-order valence-electron chi connectivity index (χ2n) is 5.87.